The van der Waals surface area contributed by atoms with Gasteiger partial charge in [-0.1, -0.05) is 13.8 Å². The van der Waals surface area contributed by atoms with Crippen LogP contribution in [0.4, 0.5) is 0 Å². The third kappa shape index (κ3) is 6.55. The van der Waals surface area contributed by atoms with Crippen LogP contribution in [0, 0.1) is 5.41 Å². The third-order valence-electron chi connectivity index (χ3n) is 2.95. The highest BCUT2D eigenvalue weighted by Gasteiger charge is 2.19. The topological polar surface area (TPSA) is 75.6 Å². The molecule has 0 aromatic carbocycles. The van der Waals surface area contributed by atoms with E-state index in [9.17, 15) is 9.59 Å². The number of nitrogens with one attached hydrogen (secondary N) is 1. The molecule has 0 aliphatic heterocycles. The molecule has 1 rings (SSSR count). The quantitative estimate of drug-likeness (QED) is 0.724. The van der Waals surface area contributed by atoms with E-state index in [4.69, 9.17) is 9.84 Å². The van der Waals surface area contributed by atoms with Crippen LogP contribution in [0.25, 0.3) is 6.08 Å². The van der Waals surface area contributed by atoms with Crippen molar-refractivity contribution in [1.82, 2.24) is 5.32 Å². The molecule has 0 bridgehead atoms. The molecule has 0 aliphatic rings. The van der Waals surface area contributed by atoms with Crippen molar-refractivity contribution in [3.63, 3.8) is 0 Å². The van der Waals surface area contributed by atoms with E-state index >= 15 is 0 Å². The number of amides is 1. The Bertz CT molecular complexity index is 519. The Balaban J connectivity index is 2.54. The summed E-state index contributed by atoms with van der Waals surface area (Å²) in [6.45, 7) is 5.36. The lowest BCUT2D eigenvalue weighted by atomic mass is 9.90. The van der Waals surface area contributed by atoms with Crippen LogP contribution in [0.15, 0.2) is 18.2 Å². The van der Waals surface area contributed by atoms with Crippen LogP contribution in [-0.2, 0) is 9.53 Å². The van der Waals surface area contributed by atoms with Gasteiger partial charge in [0.25, 0.3) is 5.91 Å². The number of carboxylic acids is 1. The zero-order chi connectivity index (χ0) is 15.9. The smallest absolute Gasteiger partial charge is 0.328 e. The molecule has 0 spiro atoms. The monoisotopic (exact) mass is 311 g/mol. The number of carboxylic acid groups (broad SMARTS) is 1. The normalized spacial score (nSPS) is 11.8. The van der Waals surface area contributed by atoms with E-state index in [1.165, 1.54) is 17.4 Å². The fraction of sp³-hybridized carbons (Fsp3) is 0.467. The largest absolute Gasteiger partial charge is 0.478 e. The van der Waals surface area contributed by atoms with E-state index in [2.05, 4.69) is 19.2 Å². The number of thiophene rings is 1. The third-order valence-corrected chi connectivity index (χ3v) is 4.00. The number of ether oxygens (including phenoxy) is 1. The molecule has 0 aliphatic carbocycles. The fourth-order valence-electron chi connectivity index (χ4n) is 1.59. The summed E-state index contributed by atoms with van der Waals surface area (Å²) >= 11 is 1.26. The van der Waals surface area contributed by atoms with Crippen molar-refractivity contribution >= 4 is 29.3 Å². The van der Waals surface area contributed by atoms with Crippen molar-refractivity contribution in [1.29, 1.82) is 0 Å². The molecular weight excluding hydrogens is 290 g/mol. The first-order valence-electron chi connectivity index (χ1n) is 6.62. The van der Waals surface area contributed by atoms with Crippen molar-refractivity contribution < 1.29 is 19.4 Å². The Labute approximate surface area is 128 Å². The van der Waals surface area contributed by atoms with E-state index in [0.29, 0.717) is 18.0 Å². The molecule has 6 heteroatoms. The molecule has 0 atom stereocenters. The highest BCUT2D eigenvalue weighted by atomic mass is 32.1. The van der Waals surface area contributed by atoms with Crippen molar-refractivity contribution in [2.24, 2.45) is 5.41 Å². The van der Waals surface area contributed by atoms with Crippen molar-refractivity contribution in [2.45, 2.75) is 20.3 Å². The minimum Gasteiger partial charge on any atom is -0.478 e. The summed E-state index contributed by atoms with van der Waals surface area (Å²) < 4.78 is 5.05. The van der Waals surface area contributed by atoms with Crippen LogP contribution in [0.2, 0.25) is 0 Å². The molecule has 0 saturated carbocycles. The minimum atomic E-state index is -1.01. The number of carbonyl (C=O) groups excluding carboxylic acids is 1. The Morgan fingerprint density at radius 1 is 1.43 bits per heavy atom. The Morgan fingerprint density at radius 3 is 2.76 bits per heavy atom. The minimum absolute atomic E-state index is 0.0328. The summed E-state index contributed by atoms with van der Waals surface area (Å²) in [4.78, 5) is 23.8. The summed E-state index contributed by atoms with van der Waals surface area (Å²) in [5, 5.41) is 11.5. The number of aliphatic carboxylic acids is 1. The highest BCUT2D eigenvalue weighted by molar-refractivity contribution is 7.14. The van der Waals surface area contributed by atoms with Crippen LogP contribution in [-0.4, -0.2) is 37.2 Å². The maximum atomic E-state index is 12.0. The number of methoxy groups -OCH3 is 1. The van der Waals surface area contributed by atoms with Crippen LogP contribution in [0.1, 0.15) is 34.8 Å². The Hall–Kier alpha value is -1.66. The molecule has 116 valence electrons. The van der Waals surface area contributed by atoms with Gasteiger partial charge in [-0.05, 0) is 30.0 Å². The first-order chi connectivity index (χ1) is 9.84. The molecule has 2 N–H and O–H groups in total. The maximum Gasteiger partial charge on any atom is 0.328 e. The van der Waals surface area contributed by atoms with Crippen LogP contribution in [0.5, 0.6) is 0 Å². The van der Waals surface area contributed by atoms with Crippen molar-refractivity contribution in [2.75, 3.05) is 20.3 Å². The molecule has 1 heterocycles. The molecular formula is C15H21NO4S. The Morgan fingerprint density at radius 2 is 2.14 bits per heavy atom. The lowest BCUT2D eigenvalue weighted by Crippen LogP contribution is -2.34. The van der Waals surface area contributed by atoms with Crippen LogP contribution >= 0.6 is 11.3 Å². The number of hydrogen-bond acceptors (Lipinski definition) is 4. The van der Waals surface area contributed by atoms with E-state index in [-0.39, 0.29) is 11.3 Å². The molecule has 5 nitrogen and oxygen atoms in total. The predicted octanol–water partition coefficient (Wildman–Crippen LogP) is 2.64. The predicted molar refractivity (Wildman–Crippen MR) is 83.6 cm³/mol. The van der Waals surface area contributed by atoms with Crippen LogP contribution < -0.4 is 5.32 Å². The summed E-state index contributed by atoms with van der Waals surface area (Å²) in [5.74, 6) is -1.14. The van der Waals surface area contributed by atoms with Gasteiger partial charge in [0.05, 0.1) is 4.88 Å². The van der Waals surface area contributed by atoms with E-state index in [1.54, 1.807) is 19.2 Å². The van der Waals surface area contributed by atoms with Gasteiger partial charge in [0, 0.05) is 31.2 Å². The van der Waals surface area contributed by atoms with Gasteiger partial charge in [0.2, 0.25) is 0 Å². The van der Waals surface area contributed by atoms with E-state index < -0.39 is 5.97 Å². The number of carbonyl (C=O) groups is 2. The van der Waals surface area contributed by atoms with Gasteiger partial charge in [-0.15, -0.1) is 11.3 Å². The fourth-order valence-corrected chi connectivity index (χ4v) is 2.42. The lowest BCUT2D eigenvalue weighted by molar-refractivity contribution is -0.131. The molecule has 0 fully saturated rings. The van der Waals surface area contributed by atoms with Crippen molar-refractivity contribution in [3.8, 4) is 0 Å². The number of hydrogen-bond donors (Lipinski definition) is 2. The first kappa shape index (κ1) is 17.4. The summed E-state index contributed by atoms with van der Waals surface area (Å²) in [6.07, 6.45) is 3.40. The molecule has 1 aromatic heterocycles. The van der Waals surface area contributed by atoms with Gasteiger partial charge in [0.15, 0.2) is 0 Å². The summed E-state index contributed by atoms with van der Waals surface area (Å²) in [5.41, 5.74) is -0.0328. The van der Waals surface area contributed by atoms with Crippen molar-refractivity contribution in [3.05, 3.63) is 28.0 Å². The van der Waals surface area contributed by atoms with Gasteiger partial charge < -0.3 is 15.2 Å². The summed E-state index contributed by atoms with van der Waals surface area (Å²) in [7, 11) is 1.66. The summed E-state index contributed by atoms with van der Waals surface area (Å²) in [6, 6.07) is 3.43. The van der Waals surface area contributed by atoms with Gasteiger partial charge in [-0.25, -0.2) is 4.79 Å². The average molecular weight is 311 g/mol. The maximum absolute atomic E-state index is 12.0. The molecule has 21 heavy (non-hydrogen) atoms. The second-order valence-corrected chi connectivity index (χ2v) is 6.58. The molecule has 0 radical (unpaired) electrons. The zero-order valence-corrected chi connectivity index (χ0v) is 13.3. The second kappa shape index (κ2) is 7.95. The van der Waals surface area contributed by atoms with Gasteiger partial charge >= 0.3 is 5.97 Å². The number of rotatable bonds is 8. The van der Waals surface area contributed by atoms with Gasteiger partial charge in [0.1, 0.15) is 0 Å². The van der Waals surface area contributed by atoms with Gasteiger partial charge in [-0.3, -0.25) is 4.79 Å². The molecule has 0 unspecified atom stereocenters. The molecule has 1 aromatic rings. The molecule has 0 saturated heterocycles. The van der Waals surface area contributed by atoms with Crippen LogP contribution in [0.3, 0.4) is 0 Å². The zero-order valence-electron chi connectivity index (χ0n) is 12.5. The van der Waals surface area contributed by atoms with Gasteiger partial charge in [-0.2, -0.15) is 0 Å². The average Bonchev–Trinajstić information content (AvgIpc) is 2.89. The lowest BCUT2D eigenvalue weighted by Gasteiger charge is -2.24. The molecule has 1 amide bonds. The first-order valence-corrected chi connectivity index (χ1v) is 7.44. The van der Waals surface area contributed by atoms with E-state index in [0.717, 1.165) is 17.4 Å². The Kier molecular flexibility index (Phi) is 6.58. The SMILES string of the molecule is COCCC(C)(C)CNC(=O)c1ccc(/C=C/C(=O)O)s1. The second-order valence-electron chi connectivity index (χ2n) is 5.46. The standard InChI is InChI=1S/C15H21NO4S/c1-15(2,8-9-20-3)10-16-14(19)12-6-4-11(21-12)5-7-13(17)18/h4-7H,8-10H2,1-3H3,(H,16,19)(H,17,18)/b7-5+. The van der Waals surface area contributed by atoms with E-state index in [1.807, 2.05) is 0 Å². The highest BCUT2D eigenvalue weighted by Crippen LogP contribution is 2.21.